The Hall–Kier alpha value is -1.11. The van der Waals surface area contributed by atoms with E-state index in [2.05, 4.69) is 20.9 Å². The molecule has 3 nitrogen and oxygen atoms in total. The lowest BCUT2D eigenvalue weighted by Gasteiger charge is -2.07. The summed E-state index contributed by atoms with van der Waals surface area (Å²) in [5.74, 6) is -1.01. The molecule has 7 heteroatoms. The largest absolute Gasteiger partial charge is 0.433 e. The van der Waals surface area contributed by atoms with Gasteiger partial charge in [0.1, 0.15) is 11.4 Å². The second-order valence-electron chi connectivity index (χ2n) is 2.39. The van der Waals surface area contributed by atoms with Crippen LogP contribution in [0, 0.1) is 0 Å². The van der Waals surface area contributed by atoms with Crippen LogP contribution in [0.4, 0.5) is 13.2 Å². The second kappa shape index (κ2) is 3.56. The van der Waals surface area contributed by atoms with Gasteiger partial charge in [-0.25, -0.2) is 4.98 Å². The molecule has 0 saturated heterocycles. The first kappa shape index (κ1) is 11.0. The van der Waals surface area contributed by atoms with Crippen molar-refractivity contribution in [2.75, 3.05) is 0 Å². The van der Waals surface area contributed by atoms with Crippen LogP contribution in [0.1, 0.15) is 16.2 Å². The van der Waals surface area contributed by atoms with Gasteiger partial charge in [0.25, 0.3) is 5.91 Å². The summed E-state index contributed by atoms with van der Waals surface area (Å²) in [5, 5.41) is 0. The Morgan fingerprint density at radius 3 is 2.43 bits per heavy atom. The van der Waals surface area contributed by atoms with E-state index in [-0.39, 0.29) is 4.47 Å². The summed E-state index contributed by atoms with van der Waals surface area (Å²) in [4.78, 5) is 13.8. The summed E-state index contributed by atoms with van der Waals surface area (Å²) in [6, 6.07) is 1.84. The van der Waals surface area contributed by atoms with Crippen LogP contribution < -0.4 is 5.73 Å². The number of carbonyl (C=O) groups is 1. The molecule has 14 heavy (non-hydrogen) atoms. The molecule has 1 aromatic heterocycles. The molecule has 0 aliphatic rings. The monoisotopic (exact) mass is 268 g/mol. The molecular formula is C7H4BrF3N2O. The van der Waals surface area contributed by atoms with E-state index in [4.69, 9.17) is 5.73 Å². The van der Waals surface area contributed by atoms with E-state index >= 15 is 0 Å². The molecule has 0 bridgehead atoms. The molecule has 2 N–H and O–H groups in total. The van der Waals surface area contributed by atoms with E-state index < -0.39 is 23.5 Å². The Balaban J connectivity index is 3.27. The number of halogens is 4. The summed E-state index contributed by atoms with van der Waals surface area (Å²) in [5.41, 5.74) is 3.25. The van der Waals surface area contributed by atoms with Gasteiger partial charge in [-0.15, -0.1) is 0 Å². The van der Waals surface area contributed by atoms with Gasteiger partial charge >= 0.3 is 6.18 Å². The van der Waals surface area contributed by atoms with Gasteiger partial charge in [0.05, 0.1) is 0 Å². The van der Waals surface area contributed by atoms with Crippen LogP contribution in [0.15, 0.2) is 16.6 Å². The number of nitrogens with zero attached hydrogens (tertiary/aromatic N) is 1. The lowest BCUT2D eigenvalue weighted by atomic mass is 10.3. The van der Waals surface area contributed by atoms with Gasteiger partial charge in [-0.3, -0.25) is 4.79 Å². The third-order valence-corrected chi connectivity index (χ3v) is 2.01. The Kier molecular flexibility index (Phi) is 2.79. The molecule has 0 aromatic carbocycles. The first-order chi connectivity index (χ1) is 6.32. The van der Waals surface area contributed by atoms with Crippen LogP contribution in [0.5, 0.6) is 0 Å². The van der Waals surface area contributed by atoms with E-state index in [0.29, 0.717) is 0 Å². The zero-order valence-electron chi connectivity index (χ0n) is 6.60. The molecule has 1 amide bonds. The minimum atomic E-state index is -4.58. The van der Waals surface area contributed by atoms with Crippen molar-refractivity contribution in [3.8, 4) is 0 Å². The minimum absolute atomic E-state index is 0.137. The summed E-state index contributed by atoms with van der Waals surface area (Å²) in [7, 11) is 0. The van der Waals surface area contributed by atoms with Crippen molar-refractivity contribution in [1.29, 1.82) is 0 Å². The first-order valence-electron chi connectivity index (χ1n) is 3.36. The highest BCUT2D eigenvalue weighted by Gasteiger charge is 2.33. The lowest BCUT2D eigenvalue weighted by molar-refractivity contribution is -0.141. The highest BCUT2D eigenvalue weighted by molar-refractivity contribution is 9.10. The maximum atomic E-state index is 12.1. The van der Waals surface area contributed by atoms with Crippen LogP contribution in [0.2, 0.25) is 0 Å². The number of nitrogens with two attached hydrogens (primary N) is 1. The molecule has 0 spiro atoms. The molecule has 1 heterocycles. The SMILES string of the molecule is NC(=O)c1nc(C(F)(F)F)ccc1Br. The average molecular weight is 269 g/mol. The number of rotatable bonds is 1. The zero-order chi connectivity index (χ0) is 10.9. The molecule has 1 aromatic rings. The number of carbonyl (C=O) groups excluding carboxylic acids is 1. The van der Waals surface area contributed by atoms with Crippen LogP contribution in [-0.2, 0) is 6.18 Å². The number of amides is 1. The van der Waals surface area contributed by atoms with Crippen molar-refractivity contribution in [1.82, 2.24) is 4.98 Å². The predicted molar refractivity (Wildman–Crippen MR) is 45.5 cm³/mol. The number of hydrogen-bond acceptors (Lipinski definition) is 2. The quantitative estimate of drug-likeness (QED) is 0.847. The highest BCUT2D eigenvalue weighted by Crippen LogP contribution is 2.29. The summed E-state index contributed by atoms with van der Waals surface area (Å²) >= 11 is 2.87. The highest BCUT2D eigenvalue weighted by atomic mass is 79.9. The molecule has 0 fully saturated rings. The fraction of sp³-hybridized carbons (Fsp3) is 0.143. The van der Waals surface area contributed by atoms with E-state index in [0.717, 1.165) is 12.1 Å². The maximum absolute atomic E-state index is 12.1. The van der Waals surface area contributed by atoms with E-state index in [1.165, 1.54) is 0 Å². The smallest absolute Gasteiger partial charge is 0.364 e. The maximum Gasteiger partial charge on any atom is 0.433 e. The minimum Gasteiger partial charge on any atom is -0.364 e. The van der Waals surface area contributed by atoms with Crippen molar-refractivity contribution in [3.05, 3.63) is 28.0 Å². The number of pyridine rings is 1. The van der Waals surface area contributed by atoms with E-state index in [9.17, 15) is 18.0 Å². The standard InChI is InChI=1S/C7H4BrF3N2O/c8-3-1-2-4(7(9,10)11)13-5(3)6(12)14/h1-2H,(H2,12,14). The Labute approximate surface area is 85.2 Å². The average Bonchev–Trinajstić information content (AvgIpc) is 2.02. The molecule has 0 aliphatic carbocycles. The van der Waals surface area contributed by atoms with Crippen molar-refractivity contribution in [2.45, 2.75) is 6.18 Å². The molecule has 0 unspecified atom stereocenters. The van der Waals surface area contributed by atoms with Gasteiger partial charge in [0.15, 0.2) is 0 Å². The third kappa shape index (κ3) is 2.22. The van der Waals surface area contributed by atoms with Crippen LogP contribution in [0.3, 0.4) is 0 Å². The predicted octanol–water partition coefficient (Wildman–Crippen LogP) is 1.96. The molecular weight excluding hydrogens is 265 g/mol. The third-order valence-electron chi connectivity index (χ3n) is 1.37. The molecule has 1 rings (SSSR count). The molecule has 0 aliphatic heterocycles. The van der Waals surface area contributed by atoms with Gasteiger partial charge in [-0.2, -0.15) is 13.2 Å². The van der Waals surface area contributed by atoms with E-state index in [1.807, 2.05) is 0 Å². The summed E-state index contributed by atoms with van der Waals surface area (Å²) in [6.07, 6.45) is -4.58. The first-order valence-corrected chi connectivity index (χ1v) is 4.15. The number of hydrogen-bond donors (Lipinski definition) is 1. The van der Waals surface area contributed by atoms with Gasteiger partial charge in [-0.1, -0.05) is 0 Å². The fourth-order valence-electron chi connectivity index (χ4n) is 0.773. The van der Waals surface area contributed by atoms with Crippen molar-refractivity contribution >= 4 is 21.8 Å². The van der Waals surface area contributed by atoms with Crippen molar-refractivity contribution in [2.24, 2.45) is 5.73 Å². The molecule has 0 atom stereocenters. The van der Waals surface area contributed by atoms with Gasteiger partial charge < -0.3 is 5.73 Å². The Bertz CT molecular complexity index is 378. The zero-order valence-corrected chi connectivity index (χ0v) is 8.19. The van der Waals surface area contributed by atoms with Crippen molar-refractivity contribution in [3.63, 3.8) is 0 Å². The van der Waals surface area contributed by atoms with Crippen molar-refractivity contribution < 1.29 is 18.0 Å². The number of aromatic nitrogens is 1. The normalized spacial score (nSPS) is 11.4. The fourth-order valence-corrected chi connectivity index (χ4v) is 1.19. The number of primary amides is 1. The topological polar surface area (TPSA) is 56.0 Å². The summed E-state index contributed by atoms with van der Waals surface area (Å²) < 4.78 is 36.5. The molecule has 76 valence electrons. The molecule has 0 saturated carbocycles. The van der Waals surface area contributed by atoms with E-state index in [1.54, 1.807) is 0 Å². The van der Waals surface area contributed by atoms with Crippen LogP contribution in [0.25, 0.3) is 0 Å². The number of alkyl halides is 3. The van der Waals surface area contributed by atoms with Crippen LogP contribution in [-0.4, -0.2) is 10.9 Å². The second-order valence-corrected chi connectivity index (χ2v) is 3.24. The summed E-state index contributed by atoms with van der Waals surface area (Å²) in [6.45, 7) is 0. The van der Waals surface area contributed by atoms with Gasteiger partial charge in [0.2, 0.25) is 0 Å². The molecule has 0 radical (unpaired) electrons. The lowest BCUT2D eigenvalue weighted by Crippen LogP contribution is -2.17. The van der Waals surface area contributed by atoms with Gasteiger partial charge in [-0.05, 0) is 28.1 Å². The Morgan fingerprint density at radius 1 is 1.43 bits per heavy atom. The Morgan fingerprint density at radius 2 is 2.00 bits per heavy atom. The van der Waals surface area contributed by atoms with Crippen LogP contribution >= 0.6 is 15.9 Å². The van der Waals surface area contributed by atoms with Gasteiger partial charge in [0, 0.05) is 4.47 Å².